The Hall–Kier alpha value is -2.50. The molecular formula is C22H19ClN2O3. The van der Waals surface area contributed by atoms with E-state index in [2.05, 4.69) is 4.90 Å². The maximum Gasteiger partial charge on any atom is 0.239 e. The van der Waals surface area contributed by atoms with E-state index in [1.165, 1.54) is 4.90 Å². The van der Waals surface area contributed by atoms with Crippen molar-refractivity contribution in [3.05, 3.63) is 65.2 Å². The molecule has 3 aliphatic heterocycles. The molecule has 5 nitrogen and oxygen atoms in total. The molecule has 2 aromatic rings. The molecule has 0 spiro atoms. The molecule has 2 aromatic carbocycles. The average molecular weight is 395 g/mol. The van der Waals surface area contributed by atoms with Crippen LogP contribution in [-0.4, -0.2) is 41.1 Å². The smallest absolute Gasteiger partial charge is 0.239 e. The monoisotopic (exact) mass is 394 g/mol. The SMILES string of the molecule is O=C(c1ccccc1)[C@H]1[C@@H]2C(=O)N(c3ccc(Cl)cc3)C(=O)[C@@H]2[C@@H]2CCCN21. The first-order chi connectivity index (χ1) is 13.6. The maximum atomic E-state index is 13.4. The Morgan fingerprint density at radius 2 is 1.61 bits per heavy atom. The summed E-state index contributed by atoms with van der Waals surface area (Å²) in [6.45, 7) is 0.752. The molecule has 2 amide bonds. The van der Waals surface area contributed by atoms with E-state index in [4.69, 9.17) is 11.6 Å². The van der Waals surface area contributed by atoms with Gasteiger partial charge in [0.25, 0.3) is 0 Å². The van der Waals surface area contributed by atoms with E-state index in [0.717, 1.165) is 19.4 Å². The molecule has 6 heteroatoms. The van der Waals surface area contributed by atoms with Crippen molar-refractivity contribution in [1.82, 2.24) is 4.90 Å². The molecular weight excluding hydrogens is 376 g/mol. The average Bonchev–Trinajstić information content (AvgIpc) is 3.35. The molecule has 0 saturated carbocycles. The second kappa shape index (κ2) is 6.54. The number of hydrogen-bond acceptors (Lipinski definition) is 4. The molecule has 0 unspecified atom stereocenters. The summed E-state index contributed by atoms with van der Waals surface area (Å²) in [5.74, 6) is -1.62. The molecule has 3 aliphatic rings. The zero-order valence-corrected chi connectivity index (χ0v) is 15.9. The largest absolute Gasteiger partial charge is 0.292 e. The van der Waals surface area contributed by atoms with Gasteiger partial charge in [-0.1, -0.05) is 41.9 Å². The fourth-order valence-corrected chi connectivity index (χ4v) is 5.26. The number of carbonyl (C=O) groups excluding carboxylic acids is 3. The number of amides is 2. The number of rotatable bonds is 3. The summed E-state index contributed by atoms with van der Waals surface area (Å²) in [4.78, 5) is 43.3. The fraction of sp³-hybridized carbons (Fsp3) is 0.318. The minimum Gasteiger partial charge on any atom is -0.292 e. The van der Waals surface area contributed by atoms with Crippen LogP contribution in [0.25, 0.3) is 0 Å². The molecule has 28 heavy (non-hydrogen) atoms. The molecule has 0 N–H and O–H groups in total. The van der Waals surface area contributed by atoms with Gasteiger partial charge in [-0.15, -0.1) is 0 Å². The number of Topliss-reactive ketones (excluding diaryl/α,β-unsaturated/α-hetero) is 1. The topological polar surface area (TPSA) is 57.7 Å². The van der Waals surface area contributed by atoms with Gasteiger partial charge in [0.1, 0.15) is 0 Å². The van der Waals surface area contributed by atoms with Crippen molar-refractivity contribution < 1.29 is 14.4 Å². The van der Waals surface area contributed by atoms with Crippen LogP contribution in [0.4, 0.5) is 5.69 Å². The molecule has 0 radical (unpaired) electrons. The number of anilines is 1. The summed E-state index contributed by atoms with van der Waals surface area (Å²) in [7, 11) is 0. The van der Waals surface area contributed by atoms with Gasteiger partial charge in [-0.2, -0.15) is 0 Å². The fourth-order valence-electron chi connectivity index (χ4n) is 5.13. The Balaban J connectivity index is 1.55. The second-order valence-electron chi connectivity index (χ2n) is 7.66. The van der Waals surface area contributed by atoms with E-state index in [-0.39, 0.29) is 23.6 Å². The van der Waals surface area contributed by atoms with E-state index >= 15 is 0 Å². The first kappa shape index (κ1) is 17.6. The Kier molecular flexibility index (Phi) is 4.11. The Bertz CT molecular complexity index is 960. The van der Waals surface area contributed by atoms with Crippen molar-refractivity contribution in [3.8, 4) is 0 Å². The van der Waals surface area contributed by atoms with Gasteiger partial charge in [-0.25, -0.2) is 4.90 Å². The minimum absolute atomic E-state index is 0.0450. The van der Waals surface area contributed by atoms with Crippen LogP contribution in [0.5, 0.6) is 0 Å². The summed E-state index contributed by atoms with van der Waals surface area (Å²) < 4.78 is 0. The van der Waals surface area contributed by atoms with Crippen molar-refractivity contribution in [1.29, 1.82) is 0 Å². The Morgan fingerprint density at radius 3 is 2.32 bits per heavy atom. The van der Waals surface area contributed by atoms with Gasteiger partial charge >= 0.3 is 0 Å². The molecule has 5 rings (SSSR count). The number of nitrogens with zero attached hydrogens (tertiary/aromatic N) is 2. The predicted octanol–water partition coefficient (Wildman–Crippen LogP) is 3.18. The lowest BCUT2D eigenvalue weighted by molar-refractivity contribution is -0.123. The lowest BCUT2D eigenvalue weighted by Gasteiger charge is -2.27. The molecule has 3 heterocycles. The number of halogens is 1. The van der Waals surface area contributed by atoms with Crippen molar-refractivity contribution in [2.75, 3.05) is 11.4 Å². The summed E-state index contributed by atoms with van der Waals surface area (Å²) in [6, 6.07) is 15.1. The summed E-state index contributed by atoms with van der Waals surface area (Å²) >= 11 is 5.95. The third-order valence-corrected chi connectivity index (χ3v) is 6.52. The number of benzene rings is 2. The molecule has 3 saturated heterocycles. The highest BCUT2D eigenvalue weighted by molar-refractivity contribution is 6.31. The Morgan fingerprint density at radius 1 is 0.929 bits per heavy atom. The second-order valence-corrected chi connectivity index (χ2v) is 8.10. The van der Waals surface area contributed by atoms with Crippen LogP contribution >= 0.6 is 11.6 Å². The number of fused-ring (bicyclic) bond motifs is 3. The molecule has 0 bridgehead atoms. The van der Waals surface area contributed by atoms with E-state index in [0.29, 0.717) is 16.3 Å². The number of hydrogen-bond donors (Lipinski definition) is 0. The molecule has 4 atom stereocenters. The third kappa shape index (κ3) is 2.46. The van der Waals surface area contributed by atoms with Crippen LogP contribution in [0.2, 0.25) is 5.02 Å². The molecule has 0 aliphatic carbocycles. The van der Waals surface area contributed by atoms with Crippen LogP contribution < -0.4 is 4.90 Å². The van der Waals surface area contributed by atoms with Crippen LogP contribution in [0.15, 0.2) is 54.6 Å². The summed E-state index contributed by atoms with van der Waals surface area (Å²) in [6.07, 6.45) is 1.78. The van der Waals surface area contributed by atoms with Crippen LogP contribution in [0.1, 0.15) is 23.2 Å². The Labute approximate surface area is 167 Å². The van der Waals surface area contributed by atoms with E-state index in [9.17, 15) is 14.4 Å². The van der Waals surface area contributed by atoms with E-state index in [1.54, 1.807) is 36.4 Å². The van der Waals surface area contributed by atoms with Gasteiger partial charge in [0.15, 0.2) is 5.78 Å². The quantitative estimate of drug-likeness (QED) is 0.592. The highest BCUT2D eigenvalue weighted by Gasteiger charge is 2.64. The first-order valence-corrected chi connectivity index (χ1v) is 9.94. The minimum atomic E-state index is -0.624. The van der Waals surface area contributed by atoms with Gasteiger partial charge in [-0.05, 0) is 43.7 Å². The number of ketones is 1. The maximum absolute atomic E-state index is 13.4. The first-order valence-electron chi connectivity index (χ1n) is 9.56. The van der Waals surface area contributed by atoms with Crippen LogP contribution in [-0.2, 0) is 9.59 Å². The van der Waals surface area contributed by atoms with Gasteiger partial charge < -0.3 is 0 Å². The number of carbonyl (C=O) groups is 3. The highest BCUT2D eigenvalue weighted by atomic mass is 35.5. The van der Waals surface area contributed by atoms with Crippen LogP contribution in [0.3, 0.4) is 0 Å². The van der Waals surface area contributed by atoms with Gasteiger partial charge in [0, 0.05) is 16.6 Å². The lowest BCUT2D eigenvalue weighted by Crippen LogP contribution is -2.46. The van der Waals surface area contributed by atoms with Crippen molar-refractivity contribution in [2.45, 2.75) is 24.9 Å². The van der Waals surface area contributed by atoms with E-state index < -0.39 is 17.9 Å². The molecule has 3 fully saturated rings. The van der Waals surface area contributed by atoms with Gasteiger partial charge in [0.2, 0.25) is 11.8 Å². The molecule has 0 aromatic heterocycles. The van der Waals surface area contributed by atoms with Crippen LogP contribution in [0, 0.1) is 11.8 Å². The van der Waals surface area contributed by atoms with Crippen molar-refractivity contribution in [3.63, 3.8) is 0 Å². The zero-order valence-electron chi connectivity index (χ0n) is 15.1. The summed E-state index contributed by atoms with van der Waals surface area (Å²) in [5, 5.41) is 0.544. The van der Waals surface area contributed by atoms with Gasteiger partial charge in [0.05, 0.1) is 23.6 Å². The number of imide groups is 1. The van der Waals surface area contributed by atoms with Crippen molar-refractivity contribution >= 4 is 34.9 Å². The predicted molar refractivity (Wildman–Crippen MR) is 105 cm³/mol. The van der Waals surface area contributed by atoms with Crippen molar-refractivity contribution in [2.24, 2.45) is 11.8 Å². The highest BCUT2D eigenvalue weighted by Crippen LogP contribution is 2.48. The summed E-state index contributed by atoms with van der Waals surface area (Å²) in [5.41, 5.74) is 1.10. The normalized spacial score (nSPS) is 29.2. The standard InChI is InChI=1S/C22H19ClN2O3/c23-14-8-10-15(11-9-14)25-21(27)17-16-7-4-12-24(16)19(18(17)22(25)28)20(26)13-5-2-1-3-6-13/h1-3,5-6,8-11,16-19H,4,7,12H2/t16-,17+,18+,19+/m0/s1. The lowest BCUT2D eigenvalue weighted by atomic mass is 9.85. The zero-order chi connectivity index (χ0) is 19.4. The van der Waals surface area contributed by atoms with E-state index in [1.807, 2.05) is 18.2 Å². The third-order valence-electron chi connectivity index (χ3n) is 6.26. The molecule has 142 valence electrons. The van der Waals surface area contributed by atoms with Gasteiger partial charge in [-0.3, -0.25) is 19.3 Å².